The molecule has 6 heteroatoms. The predicted molar refractivity (Wildman–Crippen MR) is 57.9 cm³/mol. The second-order valence-corrected chi connectivity index (χ2v) is 3.96. The van der Waals surface area contributed by atoms with Crippen LogP contribution in [0.4, 0.5) is 0 Å². The fourth-order valence-corrected chi connectivity index (χ4v) is 1.87. The number of hydrogen-bond acceptors (Lipinski definition) is 4. The molecule has 1 saturated heterocycles. The van der Waals surface area contributed by atoms with Gasteiger partial charge in [-0.3, -0.25) is 9.63 Å². The van der Waals surface area contributed by atoms with Gasteiger partial charge in [-0.1, -0.05) is 0 Å². The third-order valence-electron chi connectivity index (χ3n) is 2.99. The summed E-state index contributed by atoms with van der Waals surface area (Å²) in [4.78, 5) is 18.6. The van der Waals surface area contributed by atoms with E-state index in [1.807, 2.05) is 4.81 Å². The molecule has 0 unspecified atom stereocenters. The van der Waals surface area contributed by atoms with Gasteiger partial charge < -0.3 is 9.83 Å². The van der Waals surface area contributed by atoms with E-state index >= 15 is 0 Å². The van der Waals surface area contributed by atoms with Gasteiger partial charge in [0.25, 0.3) is 0 Å². The highest BCUT2D eigenvalue weighted by Crippen LogP contribution is 2.19. The number of amides is 1. The first-order valence-electron chi connectivity index (χ1n) is 5.30. The van der Waals surface area contributed by atoms with Gasteiger partial charge in [-0.15, -0.1) is 0 Å². The Morgan fingerprint density at radius 1 is 1.53 bits per heavy atom. The molecular formula is C9H19BN2O3. The molecular weight excluding hydrogens is 195 g/mol. The number of carbonyl (C=O) groups is 1. The third kappa shape index (κ3) is 3.19. The minimum atomic E-state index is -0.416. The van der Waals surface area contributed by atoms with Gasteiger partial charge in [0.1, 0.15) is 0 Å². The van der Waals surface area contributed by atoms with Crippen LogP contribution in [-0.2, 0) is 9.63 Å². The van der Waals surface area contributed by atoms with Gasteiger partial charge in [0.05, 0.1) is 7.11 Å². The quantitative estimate of drug-likeness (QED) is 0.523. The number of hydrogen-bond donors (Lipinski definition) is 1. The molecule has 1 N–H and O–H groups in total. The van der Waals surface area contributed by atoms with E-state index in [2.05, 4.69) is 0 Å². The number of nitrogens with zero attached hydrogens (tertiary/aromatic N) is 2. The highest BCUT2D eigenvalue weighted by molar-refractivity contribution is 6.45. The molecule has 1 aliphatic rings. The highest BCUT2D eigenvalue weighted by Gasteiger charge is 2.29. The van der Waals surface area contributed by atoms with Gasteiger partial charge in [-0.2, -0.15) is 0 Å². The summed E-state index contributed by atoms with van der Waals surface area (Å²) in [6, 6.07) is 0. The molecule has 0 aromatic heterocycles. The Balaban J connectivity index is 2.40. The van der Waals surface area contributed by atoms with Gasteiger partial charge in [0.2, 0.25) is 5.91 Å². The normalized spacial score (nSPS) is 18.9. The molecule has 1 fully saturated rings. The van der Waals surface area contributed by atoms with Crippen molar-refractivity contribution < 1.29 is 14.7 Å². The molecule has 0 aromatic rings. The maximum atomic E-state index is 11.7. The molecule has 0 radical (unpaired) electrons. The van der Waals surface area contributed by atoms with Crippen LogP contribution in [0.1, 0.15) is 12.8 Å². The lowest BCUT2D eigenvalue weighted by Gasteiger charge is -2.33. The van der Waals surface area contributed by atoms with Crippen LogP contribution in [0.3, 0.4) is 0 Å². The van der Waals surface area contributed by atoms with Crippen molar-refractivity contribution in [2.24, 2.45) is 5.92 Å². The van der Waals surface area contributed by atoms with Crippen molar-refractivity contribution in [1.82, 2.24) is 9.87 Å². The Labute approximate surface area is 91.1 Å². The Hall–Kier alpha value is -0.585. The minimum absolute atomic E-state index is 0.0303. The lowest BCUT2D eigenvalue weighted by atomic mass is 9.81. The number of hydroxylamine groups is 2. The smallest absolute Gasteiger partial charge is 0.376 e. The van der Waals surface area contributed by atoms with Gasteiger partial charge in [0, 0.05) is 13.0 Å². The van der Waals surface area contributed by atoms with E-state index in [4.69, 9.17) is 4.84 Å². The zero-order valence-electron chi connectivity index (χ0n) is 9.64. The molecule has 1 aliphatic heterocycles. The van der Waals surface area contributed by atoms with Crippen molar-refractivity contribution in [3.63, 3.8) is 0 Å². The Morgan fingerprint density at radius 2 is 2.07 bits per heavy atom. The molecule has 1 rings (SSSR count). The molecule has 0 saturated carbocycles. The summed E-state index contributed by atoms with van der Waals surface area (Å²) >= 11 is 0. The second kappa shape index (κ2) is 5.49. The highest BCUT2D eigenvalue weighted by atomic mass is 16.7. The van der Waals surface area contributed by atoms with Crippen LogP contribution in [0.2, 0.25) is 6.82 Å². The van der Waals surface area contributed by atoms with Gasteiger partial charge in [0.15, 0.2) is 0 Å². The van der Waals surface area contributed by atoms with Crippen molar-refractivity contribution in [2.45, 2.75) is 19.7 Å². The van der Waals surface area contributed by atoms with Crippen LogP contribution in [0.5, 0.6) is 0 Å². The van der Waals surface area contributed by atoms with E-state index < -0.39 is 7.05 Å². The molecule has 0 spiro atoms. The average Bonchev–Trinajstić information content (AvgIpc) is 2.27. The SMILES string of the molecule is CON(C)C(=O)C1CCN(B(C)O)CC1. The molecule has 0 bridgehead atoms. The Morgan fingerprint density at radius 3 is 2.47 bits per heavy atom. The van der Waals surface area contributed by atoms with Crippen LogP contribution >= 0.6 is 0 Å². The summed E-state index contributed by atoms with van der Waals surface area (Å²) in [5.74, 6) is 0.0627. The van der Waals surface area contributed by atoms with Gasteiger partial charge >= 0.3 is 7.05 Å². The molecule has 0 aliphatic carbocycles. The van der Waals surface area contributed by atoms with Crippen molar-refractivity contribution in [1.29, 1.82) is 0 Å². The molecule has 1 amide bonds. The first kappa shape index (κ1) is 12.5. The van der Waals surface area contributed by atoms with Crippen molar-refractivity contribution in [3.05, 3.63) is 0 Å². The van der Waals surface area contributed by atoms with E-state index in [-0.39, 0.29) is 11.8 Å². The van der Waals surface area contributed by atoms with Crippen LogP contribution < -0.4 is 0 Å². The minimum Gasteiger partial charge on any atom is -0.437 e. The monoisotopic (exact) mass is 214 g/mol. The predicted octanol–water partition coefficient (Wildman–Crippen LogP) is -0.172. The number of carbonyl (C=O) groups excluding carboxylic acids is 1. The maximum absolute atomic E-state index is 11.7. The standard InChI is InChI=1S/C9H19BN2O3/c1-10(14)12-6-4-8(5-7-12)9(13)11(2)15-3/h8,14H,4-7H2,1-3H3. The van der Waals surface area contributed by atoms with Crippen LogP contribution in [0.15, 0.2) is 0 Å². The Bertz CT molecular complexity index is 217. The number of rotatable bonds is 3. The molecule has 0 atom stereocenters. The van der Waals surface area contributed by atoms with Gasteiger partial charge in [-0.25, -0.2) is 5.06 Å². The van der Waals surface area contributed by atoms with E-state index in [0.29, 0.717) is 0 Å². The van der Waals surface area contributed by atoms with E-state index in [9.17, 15) is 9.82 Å². The maximum Gasteiger partial charge on any atom is 0.376 e. The van der Waals surface area contributed by atoms with E-state index in [1.165, 1.54) is 12.2 Å². The molecule has 5 nitrogen and oxygen atoms in total. The van der Waals surface area contributed by atoms with Crippen molar-refractivity contribution in [2.75, 3.05) is 27.2 Å². The zero-order chi connectivity index (χ0) is 11.4. The lowest BCUT2D eigenvalue weighted by molar-refractivity contribution is -0.174. The van der Waals surface area contributed by atoms with Crippen molar-refractivity contribution >= 4 is 13.0 Å². The molecule has 1 heterocycles. The summed E-state index contributed by atoms with van der Waals surface area (Å²) in [5, 5.41) is 10.6. The van der Waals surface area contributed by atoms with Crippen molar-refractivity contribution in [3.8, 4) is 0 Å². The summed E-state index contributed by atoms with van der Waals surface area (Å²) in [5.41, 5.74) is 0. The van der Waals surface area contributed by atoms with Crippen LogP contribution in [0, 0.1) is 5.92 Å². The summed E-state index contributed by atoms with van der Waals surface area (Å²) in [6.45, 7) is 3.29. The first-order valence-corrected chi connectivity index (χ1v) is 5.30. The van der Waals surface area contributed by atoms with Crippen LogP contribution in [-0.4, -0.2) is 55.1 Å². The largest absolute Gasteiger partial charge is 0.437 e. The van der Waals surface area contributed by atoms with E-state index in [1.54, 1.807) is 13.9 Å². The van der Waals surface area contributed by atoms with E-state index in [0.717, 1.165) is 25.9 Å². The zero-order valence-corrected chi connectivity index (χ0v) is 9.64. The molecule has 15 heavy (non-hydrogen) atoms. The second-order valence-electron chi connectivity index (χ2n) is 3.96. The topological polar surface area (TPSA) is 53.0 Å². The summed E-state index contributed by atoms with van der Waals surface area (Å²) < 4.78 is 0. The molecule has 86 valence electrons. The summed E-state index contributed by atoms with van der Waals surface area (Å²) in [6.07, 6.45) is 1.58. The van der Waals surface area contributed by atoms with Gasteiger partial charge in [-0.05, 0) is 32.8 Å². The summed E-state index contributed by atoms with van der Waals surface area (Å²) in [7, 11) is 2.70. The van der Waals surface area contributed by atoms with Crippen LogP contribution in [0.25, 0.3) is 0 Å². The fraction of sp³-hybridized carbons (Fsp3) is 0.889. The molecule has 0 aromatic carbocycles. The fourth-order valence-electron chi connectivity index (χ4n) is 1.87. The lowest BCUT2D eigenvalue weighted by Crippen LogP contribution is -2.46. The Kier molecular flexibility index (Phi) is 4.57. The average molecular weight is 214 g/mol. The first-order chi connectivity index (χ1) is 7.06. The third-order valence-corrected chi connectivity index (χ3v) is 2.99. The number of piperidine rings is 1.